The first kappa shape index (κ1) is 13.6. The molecule has 0 radical (unpaired) electrons. The highest BCUT2D eigenvalue weighted by Crippen LogP contribution is 2.43. The number of halogens is 1. The zero-order valence-electron chi connectivity index (χ0n) is 10.6. The summed E-state index contributed by atoms with van der Waals surface area (Å²) in [5.41, 5.74) is 6.53. The lowest BCUT2D eigenvalue weighted by Crippen LogP contribution is -1.97. The van der Waals surface area contributed by atoms with Crippen molar-refractivity contribution in [3.63, 3.8) is 0 Å². The zero-order valence-corrected chi connectivity index (χ0v) is 11.4. The number of nitrogens with zero attached hydrogens (tertiary/aromatic N) is 2. The minimum atomic E-state index is -0.117. The molecule has 1 heterocycles. The summed E-state index contributed by atoms with van der Waals surface area (Å²) in [5.74, 6) is 0.660. The molecule has 0 bridgehead atoms. The summed E-state index contributed by atoms with van der Waals surface area (Å²) in [6.07, 6.45) is 0.685. The molecule has 0 saturated heterocycles. The number of ether oxygens (including phenoxy) is 1. The van der Waals surface area contributed by atoms with Gasteiger partial charge in [-0.15, -0.1) is 0 Å². The Morgan fingerprint density at radius 2 is 2.26 bits per heavy atom. The highest BCUT2D eigenvalue weighted by Gasteiger charge is 2.22. The molecule has 3 N–H and O–H groups in total. The average Bonchev–Trinajstić information content (AvgIpc) is 2.88. The first-order valence-electron chi connectivity index (χ1n) is 5.73. The number of methoxy groups -OCH3 is 1. The molecule has 7 heteroatoms. The second kappa shape index (κ2) is 5.46. The van der Waals surface area contributed by atoms with Gasteiger partial charge in [-0.1, -0.05) is 23.7 Å². The van der Waals surface area contributed by atoms with Crippen LogP contribution in [-0.2, 0) is 13.0 Å². The summed E-state index contributed by atoms with van der Waals surface area (Å²) in [5, 5.41) is 14.3. The molecule has 1 aromatic carbocycles. The van der Waals surface area contributed by atoms with Gasteiger partial charge in [0.1, 0.15) is 0 Å². The van der Waals surface area contributed by atoms with E-state index in [0.29, 0.717) is 22.8 Å². The monoisotopic (exact) mass is 283 g/mol. The Hall–Kier alpha value is -1.79. The Labute approximate surface area is 115 Å². The van der Waals surface area contributed by atoms with Crippen LogP contribution in [0.3, 0.4) is 0 Å². The lowest BCUT2D eigenvalue weighted by Gasteiger charge is -2.12. The van der Waals surface area contributed by atoms with Crippen molar-refractivity contribution in [1.82, 2.24) is 10.1 Å². The predicted molar refractivity (Wildman–Crippen MR) is 70.2 cm³/mol. The number of rotatable bonds is 4. The molecule has 2 rings (SSSR count). The van der Waals surface area contributed by atoms with Crippen LogP contribution in [0.1, 0.15) is 18.4 Å². The fourth-order valence-electron chi connectivity index (χ4n) is 1.73. The molecule has 0 amide bonds. The van der Waals surface area contributed by atoms with Crippen molar-refractivity contribution in [2.75, 3.05) is 7.11 Å². The molecule has 19 heavy (non-hydrogen) atoms. The third kappa shape index (κ3) is 2.36. The molecule has 0 saturated carbocycles. The Balaban J connectivity index is 2.66. The van der Waals surface area contributed by atoms with Gasteiger partial charge in [0.15, 0.2) is 11.5 Å². The van der Waals surface area contributed by atoms with E-state index in [1.54, 1.807) is 6.07 Å². The van der Waals surface area contributed by atoms with Gasteiger partial charge in [-0.05, 0) is 18.1 Å². The standard InChI is InChI=1S/C12H14ClN3O3/c1-3-6-4-7(18-2)11(17)9(10(6)13)12-15-8(5-14)19-16-12/h4,17H,3,5,14H2,1-2H3. The second-order valence-electron chi connectivity index (χ2n) is 3.84. The molecule has 2 aromatic rings. The van der Waals surface area contributed by atoms with E-state index in [1.165, 1.54) is 7.11 Å². The van der Waals surface area contributed by atoms with E-state index in [-0.39, 0.29) is 24.0 Å². The van der Waals surface area contributed by atoms with E-state index in [1.807, 2.05) is 6.92 Å². The van der Waals surface area contributed by atoms with Gasteiger partial charge in [-0.25, -0.2) is 0 Å². The maximum absolute atomic E-state index is 10.2. The number of hydrogen-bond donors (Lipinski definition) is 2. The SMILES string of the molecule is CCc1cc(OC)c(O)c(-c2noc(CN)n2)c1Cl. The quantitative estimate of drug-likeness (QED) is 0.892. The topological polar surface area (TPSA) is 94.4 Å². The molecule has 0 aliphatic heterocycles. The molecule has 0 aliphatic carbocycles. The van der Waals surface area contributed by atoms with Gasteiger partial charge in [0.2, 0.25) is 11.7 Å². The summed E-state index contributed by atoms with van der Waals surface area (Å²) in [6.45, 7) is 2.07. The maximum Gasteiger partial charge on any atom is 0.240 e. The zero-order chi connectivity index (χ0) is 14.0. The van der Waals surface area contributed by atoms with Crippen molar-refractivity contribution in [3.05, 3.63) is 22.5 Å². The summed E-state index contributed by atoms with van der Waals surface area (Å²) in [4.78, 5) is 4.07. The number of aromatic nitrogens is 2. The van der Waals surface area contributed by atoms with Crippen molar-refractivity contribution in [1.29, 1.82) is 0 Å². The Morgan fingerprint density at radius 3 is 2.79 bits per heavy atom. The fourth-order valence-corrected chi connectivity index (χ4v) is 2.10. The number of aromatic hydroxyl groups is 1. The minimum Gasteiger partial charge on any atom is -0.504 e. The lowest BCUT2D eigenvalue weighted by atomic mass is 10.1. The van der Waals surface area contributed by atoms with Crippen molar-refractivity contribution in [2.24, 2.45) is 5.73 Å². The van der Waals surface area contributed by atoms with Crippen LogP contribution in [0.5, 0.6) is 11.5 Å². The summed E-state index contributed by atoms with van der Waals surface area (Å²) >= 11 is 6.26. The smallest absolute Gasteiger partial charge is 0.240 e. The number of hydrogen-bond acceptors (Lipinski definition) is 6. The van der Waals surface area contributed by atoms with E-state index in [9.17, 15) is 5.11 Å². The first-order chi connectivity index (χ1) is 9.12. The molecule has 0 aliphatic rings. The molecule has 0 unspecified atom stereocenters. The van der Waals surface area contributed by atoms with Crippen LogP contribution in [0.15, 0.2) is 10.6 Å². The van der Waals surface area contributed by atoms with Crippen LogP contribution < -0.4 is 10.5 Å². The van der Waals surface area contributed by atoms with E-state index < -0.39 is 0 Å². The van der Waals surface area contributed by atoms with Gasteiger partial charge < -0.3 is 20.1 Å². The molecule has 1 aromatic heterocycles. The molecular formula is C12H14ClN3O3. The number of nitrogens with two attached hydrogens (primary N) is 1. The molecule has 0 fully saturated rings. The van der Waals surface area contributed by atoms with Crippen molar-refractivity contribution < 1.29 is 14.4 Å². The summed E-state index contributed by atoms with van der Waals surface area (Å²) in [7, 11) is 1.47. The van der Waals surface area contributed by atoms with Gasteiger partial charge in [0.25, 0.3) is 0 Å². The Bertz CT molecular complexity index is 570. The van der Waals surface area contributed by atoms with Crippen molar-refractivity contribution in [3.8, 4) is 22.9 Å². The van der Waals surface area contributed by atoms with Crippen LogP contribution in [0.25, 0.3) is 11.4 Å². The predicted octanol–water partition coefficient (Wildman–Crippen LogP) is 2.13. The number of aryl methyl sites for hydroxylation is 1. The first-order valence-corrected chi connectivity index (χ1v) is 6.11. The highest BCUT2D eigenvalue weighted by molar-refractivity contribution is 6.34. The normalized spacial score (nSPS) is 10.7. The molecule has 102 valence electrons. The van der Waals surface area contributed by atoms with Gasteiger partial charge in [0, 0.05) is 0 Å². The number of benzene rings is 1. The largest absolute Gasteiger partial charge is 0.504 e. The van der Waals surface area contributed by atoms with Crippen LogP contribution >= 0.6 is 11.6 Å². The highest BCUT2D eigenvalue weighted by atomic mass is 35.5. The van der Waals surface area contributed by atoms with Crippen LogP contribution in [0.2, 0.25) is 5.02 Å². The van der Waals surface area contributed by atoms with Gasteiger partial charge in [0.05, 0.1) is 24.2 Å². The van der Waals surface area contributed by atoms with Crippen LogP contribution in [0, 0.1) is 0 Å². The summed E-state index contributed by atoms with van der Waals surface area (Å²) in [6, 6.07) is 1.69. The summed E-state index contributed by atoms with van der Waals surface area (Å²) < 4.78 is 10.0. The van der Waals surface area contributed by atoms with Gasteiger partial charge >= 0.3 is 0 Å². The van der Waals surface area contributed by atoms with E-state index in [4.69, 9.17) is 26.6 Å². The van der Waals surface area contributed by atoms with E-state index >= 15 is 0 Å². The van der Waals surface area contributed by atoms with E-state index in [2.05, 4.69) is 10.1 Å². The minimum absolute atomic E-state index is 0.117. The second-order valence-corrected chi connectivity index (χ2v) is 4.22. The van der Waals surface area contributed by atoms with Crippen molar-refractivity contribution in [2.45, 2.75) is 19.9 Å². The lowest BCUT2D eigenvalue weighted by molar-refractivity contribution is 0.371. The molecule has 6 nitrogen and oxygen atoms in total. The third-order valence-electron chi connectivity index (χ3n) is 2.74. The van der Waals surface area contributed by atoms with E-state index in [0.717, 1.165) is 5.56 Å². The van der Waals surface area contributed by atoms with Gasteiger partial charge in [-0.2, -0.15) is 4.98 Å². The fraction of sp³-hybridized carbons (Fsp3) is 0.333. The van der Waals surface area contributed by atoms with Crippen LogP contribution in [0.4, 0.5) is 0 Å². The maximum atomic E-state index is 10.2. The van der Waals surface area contributed by atoms with Gasteiger partial charge in [-0.3, -0.25) is 0 Å². The van der Waals surface area contributed by atoms with Crippen molar-refractivity contribution >= 4 is 11.6 Å². The molecule has 0 atom stereocenters. The molecular weight excluding hydrogens is 270 g/mol. The Morgan fingerprint density at radius 1 is 1.53 bits per heavy atom. The average molecular weight is 284 g/mol. The Kier molecular flexibility index (Phi) is 3.92. The third-order valence-corrected chi connectivity index (χ3v) is 3.18. The van der Waals surface area contributed by atoms with Crippen LogP contribution in [-0.4, -0.2) is 22.4 Å². The number of phenols is 1. The molecule has 0 spiro atoms. The number of phenolic OH excluding ortho intramolecular Hbond substituents is 1.